The molecule has 0 aliphatic carbocycles. The van der Waals surface area contributed by atoms with E-state index in [2.05, 4.69) is 31.5 Å². The Morgan fingerprint density at radius 2 is 1.95 bits per heavy atom. The standard InChI is InChI=1S/C14H10BrFN4S/c15-11-7-6-10(13(16)8-11)9-21-14-17-18-19-20(14)12-4-2-1-3-5-12/h1-8H,9H2. The fourth-order valence-corrected chi connectivity index (χ4v) is 2.99. The van der Waals surface area contributed by atoms with E-state index in [0.29, 0.717) is 16.5 Å². The van der Waals surface area contributed by atoms with Crippen molar-refractivity contribution in [2.45, 2.75) is 10.9 Å². The van der Waals surface area contributed by atoms with Gasteiger partial charge >= 0.3 is 0 Å². The molecule has 0 radical (unpaired) electrons. The third kappa shape index (κ3) is 3.30. The molecule has 0 spiro atoms. The van der Waals surface area contributed by atoms with Gasteiger partial charge in [-0.05, 0) is 40.3 Å². The van der Waals surface area contributed by atoms with Gasteiger partial charge in [0, 0.05) is 10.2 Å². The molecule has 4 nitrogen and oxygen atoms in total. The van der Waals surface area contributed by atoms with Crippen molar-refractivity contribution in [2.24, 2.45) is 0 Å². The Morgan fingerprint density at radius 3 is 2.71 bits per heavy atom. The van der Waals surface area contributed by atoms with E-state index in [-0.39, 0.29) is 5.82 Å². The van der Waals surface area contributed by atoms with E-state index in [4.69, 9.17) is 0 Å². The van der Waals surface area contributed by atoms with Crippen molar-refractivity contribution in [3.63, 3.8) is 0 Å². The third-order valence-electron chi connectivity index (χ3n) is 2.81. The van der Waals surface area contributed by atoms with Crippen LogP contribution < -0.4 is 0 Å². The lowest BCUT2D eigenvalue weighted by Crippen LogP contribution is -1.99. The number of hydrogen-bond donors (Lipinski definition) is 0. The van der Waals surface area contributed by atoms with Crippen molar-refractivity contribution in [2.75, 3.05) is 0 Å². The van der Waals surface area contributed by atoms with Crippen LogP contribution in [0.1, 0.15) is 5.56 Å². The molecule has 106 valence electrons. The van der Waals surface area contributed by atoms with E-state index in [1.54, 1.807) is 10.7 Å². The van der Waals surface area contributed by atoms with Crippen LogP contribution in [0.5, 0.6) is 0 Å². The van der Waals surface area contributed by atoms with E-state index in [9.17, 15) is 4.39 Å². The minimum absolute atomic E-state index is 0.240. The van der Waals surface area contributed by atoms with Gasteiger partial charge in [-0.3, -0.25) is 0 Å². The van der Waals surface area contributed by atoms with Crippen LogP contribution in [-0.4, -0.2) is 20.2 Å². The number of tetrazole rings is 1. The van der Waals surface area contributed by atoms with E-state index < -0.39 is 0 Å². The van der Waals surface area contributed by atoms with E-state index in [0.717, 1.165) is 10.2 Å². The Hall–Kier alpha value is -1.73. The second-order valence-electron chi connectivity index (χ2n) is 4.23. The van der Waals surface area contributed by atoms with Crippen LogP contribution in [0, 0.1) is 5.82 Å². The van der Waals surface area contributed by atoms with Gasteiger partial charge in [0.2, 0.25) is 5.16 Å². The molecule has 7 heteroatoms. The Bertz CT molecular complexity index is 748. The summed E-state index contributed by atoms with van der Waals surface area (Å²) in [5, 5.41) is 12.3. The highest BCUT2D eigenvalue weighted by molar-refractivity contribution is 9.10. The van der Waals surface area contributed by atoms with E-state index in [1.165, 1.54) is 17.8 Å². The highest BCUT2D eigenvalue weighted by Crippen LogP contribution is 2.25. The molecule has 0 N–H and O–H groups in total. The van der Waals surface area contributed by atoms with Crippen molar-refractivity contribution in [1.82, 2.24) is 20.2 Å². The first-order chi connectivity index (χ1) is 10.2. The molecule has 3 rings (SSSR count). The lowest BCUT2D eigenvalue weighted by Gasteiger charge is -2.05. The molecule has 0 bridgehead atoms. The molecule has 0 saturated heterocycles. The van der Waals surface area contributed by atoms with Crippen molar-refractivity contribution in [3.05, 3.63) is 64.4 Å². The molecule has 0 aliphatic rings. The lowest BCUT2D eigenvalue weighted by atomic mass is 10.2. The first kappa shape index (κ1) is 14.2. The zero-order valence-corrected chi connectivity index (χ0v) is 13.2. The van der Waals surface area contributed by atoms with Gasteiger partial charge < -0.3 is 0 Å². The van der Waals surface area contributed by atoms with Crippen LogP contribution in [0.25, 0.3) is 5.69 Å². The number of hydrogen-bond acceptors (Lipinski definition) is 4. The van der Waals surface area contributed by atoms with Gasteiger partial charge in [0.15, 0.2) is 0 Å². The summed E-state index contributed by atoms with van der Waals surface area (Å²) in [6.45, 7) is 0. The van der Waals surface area contributed by atoms with E-state index >= 15 is 0 Å². The summed E-state index contributed by atoms with van der Waals surface area (Å²) in [5.41, 5.74) is 1.49. The molecule has 0 saturated carbocycles. The van der Waals surface area contributed by atoms with E-state index in [1.807, 2.05) is 36.4 Å². The first-order valence-electron chi connectivity index (χ1n) is 6.14. The summed E-state index contributed by atoms with van der Waals surface area (Å²) in [5.74, 6) is 0.224. The molecule has 0 fully saturated rings. The molecule has 1 aromatic heterocycles. The van der Waals surface area contributed by atoms with Gasteiger partial charge in [-0.15, -0.1) is 5.10 Å². The number of rotatable bonds is 4. The van der Waals surface area contributed by atoms with Gasteiger partial charge in [-0.1, -0.05) is 52.0 Å². The van der Waals surface area contributed by atoms with Crippen molar-refractivity contribution < 1.29 is 4.39 Å². The third-order valence-corrected chi connectivity index (χ3v) is 4.27. The van der Waals surface area contributed by atoms with Crippen LogP contribution in [0.2, 0.25) is 0 Å². The van der Waals surface area contributed by atoms with Gasteiger partial charge in [0.25, 0.3) is 0 Å². The maximum atomic E-state index is 13.8. The number of para-hydroxylation sites is 1. The number of halogens is 2. The highest BCUT2D eigenvalue weighted by Gasteiger charge is 2.10. The van der Waals surface area contributed by atoms with Crippen molar-refractivity contribution in [3.8, 4) is 5.69 Å². The summed E-state index contributed by atoms with van der Waals surface area (Å²) in [7, 11) is 0. The smallest absolute Gasteiger partial charge is 0.207 e. The average Bonchev–Trinajstić information content (AvgIpc) is 2.96. The van der Waals surface area contributed by atoms with Crippen molar-refractivity contribution in [1.29, 1.82) is 0 Å². The molecule has 0 amide bonds. The molecule has 1 heterocycles. The normalized spacial score (nSPS) is 10.8. The number of aromatic nitrogens is 4. The monoisotopic (exact) mass is 364 g/mol. The fourth-order valence-electron chi connectivity index (χ4n) is 1.78. The van der Waals surface area contributed by atoms with Gasteiger partial charge in [-0.25, -0.2) is 4.39 Å². The summed E-state index contributed by atoms with van der Waals surface area (Å²) in [6.07, 6.45) is 0. The zero-order valence-electron chi connectivity index (χ0n) is 10.8. The molecule has 0 aliphatic heterocycles. The molecular weight excluding hydrogens is 355 g/mol. The topological polar surface area (TPSA) is 43.6 Å². The quantitative estimate of drug-likeness (QED) is 0.659. The average molecular weight is 365 g/mol. The molecule has 3 aromatic rings. The maximum Gasteiger partial charge on any atom is 0.214 e. The van der Waals surface area contributed by atoms with Gasteiger partial charge in [0.1, 0.15) is 5.82 Å². The lowest BCUT2D eigenvalue weighted by molar-refractivity contribution is 0.616. The van der Waals surface area contributed by atoms with Crippen LogP contribution in [-0.2, 0) is 5.75 Å². The summed E-state index contributed by atoms with van der Waals surface area (Å²) in [4.78, 5) is 0. The zero-order chi connectivity index (χ0) is 14.7. The predicted molar refractivity (Wildman–Crippen MR) is 82.8 cm³/mol. The minimum Gasteiger partial charge on any atom is -0.207 e. The molecule has 21 heavy (non-hydrogen) atoms. The van der Waals surface area contributed by atoms with Crippen molar-refractivity contribution >= 4 is 27.7 Å². The number of benzene rings is 2. The SMILES string of the molecule is Fc1cc(Br)ccc1CSc1nnnn1-c1ccccc1. The minimum atomic E-state index is -0.240. The molecule has 0 unspecified atom stereocenters. The Morgan fingerprint density at radius 1 is 1.14 bits per heavy atom. The Labute approximate surface area is 133 Å². The van der Waals surface area contributed by atoms with Crippen LogP contribution in [0.4, 0.5) is 4.39 Å². The maximum absolute atomic E-state index is 13.8. The predicted octanol–water partition coefficient (Wildman–Crippen LogP) is 3.86. The molecular formula is C14H10BrFN4S. The molecule has 0 atom stereocenters. The molecule has 2 aromatic carbocycles. The summed E-state index contributed by atoms with van der Waals surface area (Å²) < 4.78 is 16.2. The Kier molecular flexibility index (Phi) is 4.31. The van der Waals surface area contributed by atoms with Gasteiger partial charge in [-0.2, -0.15) is 4.68 Å². The Balaban J connectivity index is 1.79. The number of nitrogens with zero attached hydrogens (tertiary/aromatic N) is 4. The first-order valence-corrected chi connectivity index (χ1v) is 7.92. The second kappa shape index (κ2) is 6.36. The fraction of sp³-hybridized carbons (Fsp3) is 0.0714. The summed E-state index contributed by atoms with van der Waals surface area (Å²) >= 11 is 4.64. The van der Waals surface area contributed by atoms with Crippen LogP contribution in [0.3, 0.4) is 0 Å². The second-order valence-corrected chi connectivity index (χ2v) is 6.09. The number of thioether (sulfide) groups is 1. The van der Waals surface area contributed by atoms with Gasteiger partial charge in [0.05, 0.1) is 5.69 Å². The summed E-state index contributed by atoms with van der Waals surface area (Å²) in [6, 6.07) is 14.6. The van der Waals surface area contributed by atoms with Crippen LogP contribution in [0.15, 0.2) is 58.2 Å². The highest BCUT2D eigenvalue weighted by atomic mass is 79.9. The largest absolute Gasteiger partial charge is 0.214 e. The van der Waals surface area contributed by atoms with Crippen LogP contribution >= 0.6 is 27.7 Å².